The van der Waals surface area contributed by atoms with Gasteiger partial charge in [0.05, 0.1) is 17.8 Å². The minimum Gasteiger partial charge on any atom is -0.381 e. The Labute approximate surface area is 129 Å². The monoisotopic (exact) mass is 296 g/mol. The number of imidazole rings is 1. The predicted octanol–water partition coefficient (Wildman–Crippen LogP) is 3.56. The van der Waals surface area contributed by atoms with Crippen molar-refractivity contribution in [2.75, 3.05) is 7.11 Å². The molecule has 2 aromatic heterocycles. The normalized spacial score (nSPS) is 22.2. The van der Waals surface area contributed by atoms with Gasteiger partial charge in [0.2, 0.25) is 0 Å². The first-order chi connectivity index (χ1) is 10.8. The molecule has 4 rings (SSSR count). The fourth-order valence-corrected chi connectivity index (χ4v) is 3.47. The Balaban J connectivity index is 1.65. The lowest BCUT2D eigenvalue weighted by atomic mass is 9.92. The smallest absolute Gasteiger partial charge is 0.140 e. The predicted molar refractivity (Wildman–Crippen MR) is 85.6 cm³/mol. The molecule has 0 atom stereocenters. The van der Waals surface area contributed by atoms with Crippen LogP contribution in [0.1, 0.15) is 31.7 Å². The maximum atomic E-state index is 5.48. The summed E-state index contributed by atoms with van der Waals surface area (Å²) in [6.07, 6.45) is 10.8. The number of rotatable bonds is 3. The summed E-state index contributed by atoms with van der Waals surface area (Å²) in [5, 5.41) is 8.25. The van der Waals surface area contributed by atoms with Gasteiger partial charge in [-0.15, -0.1) is 0 Å². The van der Waals surface area contributed by atoms with E-state index in [-0.39, 0.29) is 0 Å². The zero-order chi connectivity index (χ0) is 14.9. The zero-order valence-electron chi connectivity index (χ0n) is 12.7. The molecule has 22 heavy (non-hydrogen) atoms. The lowest BCUT2D eigenvalue weighted by Gasteiger charge is -2.29. The lowest BCUT2D eigenvalue weighted by molar-refractivity contribution is 0.0586. The minimum absolute atomic E-state index is 0.421. The Kier molecular flexibility index (Phi) is 3.42. The summed E-state index contributed by atoms with van der Waals surface area (Å²) in [4.78, 5) is 4.59. The highest BCUT2D eigenvalue weighted by Crippen LogP contribution is 2.33. The summed E-state index contributed by atoms with van der Waals surface area (Å²) in [5.74, 6) is 1.04. The molecule has 0 radical (unpaired) electrons. The van der Waals surface area contributed by atoms with E-state index in [0.29, 0.717) is 12.1 Å². The molecule has 5 nitrogen and oxygen atoms in total. The highest BCUT2D eigenvalue weighted by molar-refractivity contribution is 5.82. The van der Waals surface area contributed by atoms with Crippen LogP contribution >= 0.6 is 0 Å². The van der Waals surface area contributed by atoms with Crippen LogP contribution in [0.25, 0.3) is 22.3 Å². The van der Waals surface area contributed by atoms with Gasteiger partial charge in [0.25, 0.3) is 0 Å². The molecule has 0 spiro atoms. The second kappa shape index (κ2) is 5.57. The van der Waals surface area contributed by atoms with E-state index in [1.54, 1.807) is 0 Å². The number of ether oxygens (including phenoxy) is 1. The Morgan fingerprint density at radius 3 is 2.91 bits per heavy atom. The van der Waals surface area contributed by atoms with Crippen molar-refractivity contribution < 1.29 is 4.74 Å². The van der Waals surface area contributed by atoms with Crippen molar-refractivity contribution in [3.63, 3.8) is 0 Å². The van der Waals surface area contributed by atoms with Gasteiger partial charge in [0.15, 0.2) is 0 Å². The molecule has 0 saturated heterocycles. The molecule has 2 heterocycles. The van der Waals surface area contributed by atoms with Gasteiger partial charge in [-0.3, -0.25) is 5.10 Å². The molecule has 0 amide bonds. The van der Waals surface area contributed by atoms with E-state index >= 15 is 0 Å². The van der Waals surface area contributed by atoms with Crippen molar-refractivity contribution in [1.82, 2.24) is 19.7 Å². The Morgan fingerprint density at radius 1 is 1.23 bits per heavy atom. The third kappa shape index (κ3) is 2.31. The van der Waals surface area contributed by atoms with E-state index < -0.39 is 0 Å². The zero-order valence-corrected chi connectivity index (χ0v) is 12.7. The van der Waals surface area contributed by atoms with Crippen LogP contribution < -0.4 is 0 Å². The fraction of sp³-hybridized carbons (Fsp3) is 0.412. The number of nitrogens with one attached hydrogen (secondary N) is 1. The van der Waals surface area contributed by atoms with Crippen LogP contribution in [-0.4, -0.2) is 33.0 Å². The molecule has 1 N–H and O–H groups in total. The first-order valence-corrected chi connectivity index (χ1v) is 7.84. The number of hydrogen-bond acceptors (Lipinski definition) is 3. The summed E-state index contributed by atoms with van der Waals surface area (Å²) >= 11 is 0. The standard InChI is InChI=1S/C17H20N4O/c1-22-15-6-4-14(5-7-15)21-9-8-18-17(21)12-2-3-13-11-19-20-16(13)10-12/h2-3,8-11,14-15H,4-7H2,1H3,(H,19,20). The number of fused-ring (bicyclic) bond motifs is 1. The first kappa shape index (κ1) is 13.5. The number of nitrogens with zero attached hydrogens (tertiary/aromatic N) is 3. The molecule has 0 unspecified atom stereocenters. The molecule has 114 valence electrons. The van der Waals surface area contributed by atoms with Gasteiger partial charge < -0.3 is 9.30 Å². The van der Waals surface area contributed by atoms with E-state index in [1.807, 2.05) is 19.5 Å². The Bertz CT molecular complexity index is 768. The van der Waals surface area contributed by atoms with Crippen molar-refractivity contribution in [3.05, 3.63) is 36.8 Å². The molecule has 3 aromatic rings. The molecular formula is C17H20N4O. The summed E-state index contributed by atoms with van der Waals surface area (Å²) in [6, 6.07) is 6.86. The van der Waals surface area contributed by atoms with Crippen molar-refractivity contribution in [2.24, 2.45) is 0 Å². The number of hydrogen-bond donors (Lipinski definition) is 1. The average Bonchev–Trinajstić information content (AvgIpc) is 3.23. The SMILES string of the molecule is COC1CCC(n2ccnc2-c2ccc3cn[nH]c3c2)CC1. The Morgan fingerprint density at radius 2 is 2.09 bits per heavy atom. The average molecular weight is 296 g/mol. The van der Waals surface area contributed by atoms with Crippen LogP contribution in [0.2, 0.25) is 0 Å². The largest absolute Gasteiger partial charge is 0.381 e. The third-order valence-electron chi connectivity index (χ3n) is 4.74. The van der Waals surface area contributed by atoms with Gasteiger partial charge >= 0.3 is 0 Å². The quantitative estimate of drug-likeness (QED) is 0.804. The van der Waals surface area contributed by atoms with Crippen LogP contribution in [0, 0.1) is 0 Å². The highest BCUT2D eigenvalue weighted by atomic mass is 16.5. The summed E-state index contributed by atoms with van der Waals surface area (Å²) < 4.78 is 7.80. The van der Waals surface area contributed by atoms with Gasteiger partial charge in [-0.25, -0.2) is 4.98 Å². The molecule has 1 saturated carbocycles. The summed E-state index contributed by atoms with van der Waals surface area (Å²) in [5.41, 5.74) is 2.19. The molecule has 0 aliphatic heterocycles. The fourth-order valence-electron chi connectivity index (χ4n) is 3.47. The molecule has 1 aliphatic rings. The van der Waals surface area contributed by atoms with Crippen LogP contribution in [0.4, 0.5) is 0 Å². The van der Waals surface area contributed by atoms with Gasteiger partial charge in [-0.2, -0.15) is 5.10 Å². The van der Waals surface area contributed by atoms with E-state index in [1.165, 1.54) is 0 Å². The summed E-state index contributed by atoms with van der Waals surface area (Å²) in [6.45, 7) is 0. The van der Waals surface area contributed by atoms with Crippen LogP contribution in [-0.2, 0) is 4.74 Å². The lowest BCUT2D eigenvalue weighted by Crippen LogP contribution is -2.22. The van der Waals surface area contributed by atoms with E-state index in [2.05, 4.69) is 44.1 Å². The van der Waals surface area contributed by atoms with Crippen molar-refractivity contribution in [1.29, 1.82) is 0 Å². The number of H-pyrrole nitrogens is 1. The number of methoxy groups -OCH3 is 1. The maximum Gasteiger partial charge on any atom is 0.140 e. The highest BCUT2D eigenvalue weighted by Gasteiger charge is 2.23. The first-order valence-electron chi connectivity index (χ1n) is 7.84. The maximum absolute atomic E-state index is 5.48. The van der Waals surface area contributed by atoms with Crippen LogP contribution in [0.15, 0.2) is 36.8 Å². The van der Waals surface area contributed by atoms with Crippen molar-refractivity contribution >= 4 is 10.9 Å². The molecular weight excluding hydrogens is 276 g/mol. The molecule has 1 aliphatic carbocycles. The number of aromatic nitrogens is 4. The van der Waals surface area contributed by atoms with E-state index in [0.717, 1.165) is 48.0 Å². The van der Waals surface area contributed by atoms with Crippen LogP contribution in [0.3, 0.4) is 0 Å². The minimum atomic E-state index is 0.421. The van der Waals surface area contributed by atoms with Crippen molar-refractivity contribution in [2.45, 2.75) is 37.8 Å². The van der Waals surface area contributed by atoms with E-state index in [9.17, 15) is 0 Å². The molecule has 5 heteroatoms. The van der Waals surface area contributed by atoms with Crippen molar-refractivity contribution in [3.8, 4) is 11.4 Å². The molecule has 0 bridgehead atoms. The summed E-state index contributed by atoms with van der Waals surface area (Å²) in [7, 11) is 1.81. The van der Waals surface area contributed by atoms with Gasteiger partial charge in [-0.05, 0) is 31.7 Å². The van der Waals surface area contributed by atoms with Crippen LogP contribution in [0.5, 0.6) is 0 Å². The van der Waals surface area contributed by atoms with Gasteiger partial charge in [-0.1, -0.05) is 12.1 Å². The van der Waals surface area contributed by atoms with Gasteiger partial charge in [0.1, 0.15) is 5.82 Å². The second-order valence-electron chi connectivity index (χ2n) is 6.00. The van der Waals surface area contributed by atoms with Gasteiger partial charge in [0, 0.05) is 36.5 Å². The number of aromatic amines is 1. The molecule has 1 fully saturated rings. The number of benzene rings is 1. The topological polar surface area (TPSA) is 55.7 Å². The second-order valence-corrected chi connectivity index (χ2v) is 6.00. The van der Waals surface area contributed by atoms with E-state index in [4.69, 9.17) is 4.74 Å². The molecule has 1 aromatic carbocycles. The Hall–Kier alpha value is -2.14. The third-order valence-corrected chi connectivity index (χ3v) is 4.74.